The van der Waals surface area contributed by atoms with Crippen LogP contribution in [0.3, 0.4) is 0 Å². The number of nitrogens with one attached hydrogen (secondary N) is 2. The number of rotatable bonds is 9. The number of nitrogens with zero attached hydrogens (tertiary/aromatic N) is 1. The first-order chi connectivity index (χ1) is 15.9. The van der Waals surface area contributed by atoms with E-state index in [0.29, 0.717) is 39.6 Å². The number of methoxy groups -OCH3 is 1. The molecule has 33 heavy (non-hydrogen) atoms. The van der Waals surface area contributed by atoms with Crippen molar-refractivity contribution in [2.24, 2.45) is 0 Å². The summed E-state index contributed by atoms with van der Waals surface area (Å²) in [7, 11) is 1.55. The monoisotopic (exact) mass is 465 g/mol. The molecular formula is C24H23N3O5S. The topological polar surface area (TPSA) is 111 Å². The Hall–Kier alpha value is -3.85. The molecule has 170 valence electrons. The van der Waals surface area contributed by atoms with E-state index >= 15 is 0 Å². The van der Waals surface area contributed by atoms with Crippen LogP contribution in [-0.4, -0.2) is 29.6 Å². The molecule has 8 nitrogen and oxygen atoms in total. The van der Waals surface area contributed by atoms with E-state index in [9.17, 15) is 19.7 Å². The van der Waals surface area contributed by atoms with Gasteiger partial charge in [-0.1, -0.05) is 31.2 Å². The Morgan fingerprint density at radius 3 is 2.48 bits per heavy atom. The number of ether oxygens (including phenoxy) is 1. The summed E-state index contributed by atoms with van der Waals surface area (Å²) < 4.78 is 5.15. The molecule has 0 aliphatic rings. The number of benzene rings is 3. The van der Waals surface area contributed by atoms with Crippen molar-refractivity contribution in [3.63, 3.8) is 0 Å². The summed E-state index contributed by atoms with van der Waals surface area (Å²) in [4.78, 5) is 36.7. The standard InChI is InChI=1S/C24H23N3O5S/c1-3-16-11-12-18(14-21(16)27(30)31)26-24(29)20-9-4-5-10-22(20)33-15-23(28)25-17-7-6-8-19(13-17)32-2/h4-14H,3,15H2,1-2H3,(H,25,28)(H,26,29). The third kappa shape index (κ3) is 6.33. The van der Waals surface area contributed by atoms with E-state index < -0.39 is 10.8 Å². The van der Waals surface area contributed by atoms with Gasteiger partial charge in [-0.2, -0.15) is 0 Å². The molecule has 0 bridgehead atoms. The second kappa shape index (κ2) is 11.1. The Kier molecular flexibility index (Phi) is 8.04. The van der Waals surface area contributed by atoms with Crippen LogP contribution in [0.2, 0.25) is 0 Å². The molecule has 0 saturated heterocycles. The Bertz CT molecular complexity index is 1180. The van der Waals surface area contributed by atoms with Crippen molar-refractivity contribution in [3.05, 3.63) is 88.0 Å². The van der Waals surface area contributed by atoms with Gasteiger partial charge in [0, 0.05) is 34.0 Å². The number of hydrogen-bond donors (Lipinski definition) is 2. The van der Waals surface area contributed by atoms with Crippen LogP contribution in [0.5, 0.6) is 5.75 Å². The molecule has 3 rings (SSSR count). The van der Waals surface area contributed by atoms with Crippen LogP contribution in [0.25, 0.3) is 0 Å². The molecule has 0 aliphatic heterocycles. The highest BCUT2D eigenvalue weighted by Crippen LogP contribution is 2.27. The van der Waals surface area contributed by atoms with Crippen LogP contribution >= 0.6 is 11.8 Å². The summed E-state index contributed by atoms with van der Waals surface area (Å²) in [6.07, 6.45) is 0.516. The summed E-state index contributed by atoms with van der Waals surface area (Å²) in [6.45, 7) is 1.83. The van der Waals surface area contributed by atoms with Crippen molar-refractivity contribution in [2.75, 3.05) is 23.5 Å². The summed E-state index contributed by atoms with van der Waals surface area (Å²) >= 11 is 1.23. The lowest BCUT2D eigenvalue weighted by Gasteiger charge is -2.11. The molecule has 0 spiro atoms. The van der Waals surface area contributed by atoms with E-state index in [2.05, 4.69) is 10.6 Å². The summed E-state index contributed by atoms with van der Waals surface area (Å²) in [5.74, 6) is 0.0896. The van der Waals surface area contributed by atoms with Crippen LogP contribution < -0.4 is 15.4 Å². The van der Waals surface area contributed by atoms with Gasteiger partial charge in [-0.3, -0.25) is 19.7 Å². The minimum absolute atomic E-state index is 0.0350. The maximum absolute atomic E-state index is 12.9. The first-order valence-corrected chi connectivity index (χ1v) is 11.1. The molecule has 0 atom stereocenters. The summed E-state index contributed by atoms with van der Waals surface area (Å²) in [5.41, 5.74) is 1.88. The number of anilines is 2. The number of nitro groups is 1. The zero-order chi connectivity index (χ0) is 23.8. The van der Waals surface area contributed by atoms with E-state index in [4.69, 9.17) is 4.74 Å². The maximum atomic E-state index is 12.9. The Morgan fingerprint density at radius 2 is 1.76 bits per heavy atom. The van der Waals surface area contributed by atoms with E-state index in [0.717, 1.165) is 0 Å². The van der Waals surface area contributed by atoms with Crippen LogP contribution in [0, 0.1) is 10.1 Å². The van der Waals surface area contributed by atoms with Crippen LogP contribution in [-0.2, 0) is 11.2 Å². The molecule has 2 amide bonds. The van der Waals surface area contributed by atoms with Gasteiger partial charge >= 0.3 is 0 Å². The second-order valence-corrected chi connectivity index (χ2v) is 7.99. The number of carbonyl (C=O) groups excluding carboxylic acids is 2. The van der Waals surface area contributed by atoms with Gasteiger partial charge in [0.05, 0.1) is 23.3 Å². The first kappa shape index (κ1) is 23.8. The third-order valence-electron chi connectivity index (χ3n) is 4.76. The molecule has 2 N–H and O–H groups in total. The molecule has 0 unspecified atom stereocenters. The van der Waals surface area contributed by atoms with Gasteiger partial charge in [0.15, 0.2) is 0 Å². The Labute approximate surface area is 195 Å². The molecule has 0 aliphatic carbocycles. The summed E-state index contributed by atoms with van der Waals surface area (Å²) in [5, 5.41) is 16.8. The van der Waals surface area contributed by atoms with Gasteiger partial charge in [-0.05, 0) is 36.8 Å². The van der Waals surface area contributed by atoms with Crippen LogP contribution in [0.1, 0.15) is 22.8 Å². The van der Waals surface area contributed by atoms with Crippen molar-refractivity contribution in [1.82, 2.24) is 0 Å². The molecule has 3 aromatic rings. The predicted molar refractivity (Wildman–Crippen MR) is 129 cm³/mol. The fourth-order valence-corrected chi connectivity index (χ4v) is 3.98. The number of thioether (sulfide) groups is 1. The fourth-order valence-electron chi connectivity index (χ4n) is 3.13. The lowest BCUT2D eigenvalue weighted by molar-refractivity contribution is -0.385. The average Bonchev–Trinajstić information content (AvgIpc) is 2.83. The van der Waals surface area contributed by atoms with Gasteiger partial charge < -0.3 is 15.4 Å². The molecule has 0 radical (unpaired) electrons. The van der Waals surface area contributed by atoms with Gasteiger partial charge in [-0.25, -0.2) is 0 Å². The lowest BCUT2D eigenvalue weighted by atomic mass is 10.1. The number of hydrogen-bond acceptors (Lipinski definition) is 6. The normalized spacial score (nSPS) is 10.4. The number of carbonyl (C=O) groups is 2. The Balaban J connectivity index is 1.68. The van der Waals surface area contributed by atoms with Gasteiger partial charge in [0.1, 0.15) is 5.75 Å². The van der Waals surface area contributed by atoms with E-state index in [1.165, 1.54) is 17.8 Å². The zero-order valence-corrected chi connectivity index (χ0v) is 19.0. The highest BCUT2D eigenvalue weighted by atomic mass is 32.2. The van der Waals surface area contributed by atoms with Gasteiger partial charge in [0.2, 0.25) is 5.91 Å². The number of nitro benzene ring substituents is 1. The molecule has 0 aromatic heterocycles. The Morgan fingerprint density at radius 1 is 1.00 bits per heavy atom. The maximum Gasteiger partial charge on any atom is 0.274 e. The average molecular weight is 466 g/mol. The smallest absolute Gasteiger partial charge is 0.274 e. The van der Waals surface area contributed by atoms with E-state index in [-0.39, 0.29) is 17.3 Å². The second-order valence-electron chi connectivity index (χ2n) is 6.97. The lowest BCUT2D eigenvalue weighted by Crippen LogP contribution is -2.16. The first-order valence-electron chi connectivity index (χ1n) is 10.2. The zero-order valence-electron chi connectivity index (χ0n) is 18.2. The quantitative estimate of drug-likeness (QED) is 0.257. The molecule has 9 heteroatoms. The van der Waals surface area contributed by atoms with Crippen molar-refractivity contribution < 1.29 is 19.2 Å². The molecular weight excluding hydrogens is 442 g/mol. The van der Waals surface area contributed by atoms with Gasteiger partial charge in [-0.15, -0.1) is 11.8 Å². The van der Waals surface area contributed by atoms with E-state index in [1.54, 1.807) is 67.8 Å². The molecule has 0 heterocycles. The van der Waals surface area contributed by atoms with Crippen molar-refractivity contribution in [2.45, 2.75) is 18.2 Å². The van der Waals surface area contributed by atoms with Crippen molar-refractivity contribution in [3.8, 4) is 5.75 Å². The summed E-state index contributed by atoms with van der Waals surface area (Å²) in [6, 6.07) is 18.6. The molecule has 0 fully saturated rings. The minimum atomic E-state index is -0.459. The number of amides is 2. The number of aryl methyl sites for hydroxylation is 1. The minimum Gasteiger partial charge on any atom is -0.497 e. The van der Waals surface area contributed by atoms with Crippen LogP contribution in [0.15, 0.2) is 71.6 Å². The highest BCUT2D eigenvalue weighted by Gasteiger charge is 2.17. The van der Waals surface area contributed by atoms with E-state index in [1.807, 2.05) is 6.92 Å². The van der Waals surface area contributed by atoms with Crippen molar-refractivity contribution >= 4 is 40.6 Å². The third-order valence-corrected chi connectivity index (χ3v) is 5.84. The fraction of sp³-hybridized carbons (Fsp3) is 0.167. The molecule has 3 aromatic carbocycles. The van der Waals surface area contributed by atoms with Crippen molar-refractivity contribution in [1.29, 1.82) is 0 Å². The SMILES string of the molecule is CCc1ccc(NC(=O)c2ccccc2SCC(=O)Nc2cccc(OC)c2)cc1[N+](=O)[O-]. The van der Waals surface area contributed by atoms with Gasteiger partial charge in [0.25, 0.3) is 11.6 Å². The highest BCUT2D eigenvalue weighted by molar-refractivity contribution is 8.00. The van der Waals surface area contributed by atoms with Crippen LogP contribution in [0.4, 0.5) is 17.1 Å². The molecule has 0 saturated carbocycles. The predicted octanol–water partition coefficient (Wildman–Crippen LogP) is 5.15. The largest absolute Gasteiger partial charge is 0.497 e.